The molecule has 0 fully saturated rings. The standard InChI is InChI=1S/C19H23F3N4O.HI/c1-13-4-5-16(14(2)8-13)11-26-18(23-3)25-10-15-6-7-24-17(9-15)27-12-19(20,21)22;/h4-9H,10-12H2,1-3H3,(H2,23,25,26);1H. The predicted octanol–water partition coefficient (Wildman–Crippen LogP) is 4.12. The van der Waals surface area contributed by atoms with Crippen LogP contribution >= 0.6 is 24.0 Å². The Labute approximate surface area is 179 Å². The van der Waals surface area contributed by atoms with Gasteiger partial charge in [-0.05, 0) is 36.6 Å². The van der Waals surface area contributed by atoms with Crippen LogP contribution in [0.15, 0.2) is 41.5 Å². The van der Waals surface area contributed by atoms with Crippen LogP contribution in [0.2, 0.25) is 0 Å². The van der Waals surface area contributed by atoms with Crippen molar-refractivity contribution in [2.24, 2.45) is 4.99 Å². The largest absolute Gasteiger partial charge is 0.468 e. The summed E-state index contributed by atoms with van der Waals surface area (Å²) < 4.78 is 41.3. The lowest BCUT2D eigenvalue weighted by Crippen LogP contribution is -2.36. The molecule has 2 N–H and O–H groups in total. The van der Waals surface area contributed by atoms with Crippen LogP contribution in [-0.2, 0) is 13.1 Å². The third kappa shape index (κ3) is 8.32. The minimum absolute atomic E-state index is 0. The van der Waals surface area contributed by atoms with Crippen molar-refractivity contribution in [3.63, 3.8) is 0 Å². The molecular weight excluding hydrogens is 484 g/mol. The average Bonchev–Trinajstić information content (AvgIpc) is 2.61. The summed E-state index contributed by atoms with van der Waals surface area (Å²) in [5, 5.41) is 6.34. The molecule has 0 saturated carbocycles. The molecule has 2 aromatic rings. The SMILES string of the molecule is CN=C(NCc1ccnc(OCC(F)(F)F)c1)NCc1ccc(C)cc1C.I. The third-order valence-corrected chi connectivity index (χ3v) is 3.81. The van der Waals surface area contributed by atoms with Gasteiger partial charge in [-0.15, -0.1) is 24.0 Å². The molecular formula is C19H24F3IN4O. The molecule has 0 spiro atoms. The van der Waals surface area contributed by atoms with Crippen LogP contribution in [0.5, 0.6) is 5.88 Å². The predicted molar refractivity (Wildman–Crippen MR) is 114 cm³/mol. The fourth-order valence-electron chi connectivity index (χ4n) is 2.42. The number of ether oxygens (including phenoxy) is 1. The quantitative estimate of drug-likeness (QED) is 0.350. The number of pyridine rings is 1. The van der Waals surface area contributed by atoms with E-state index in [1.54, 1.807) is 13.1 Å². The molecule has 154 valence electrons. The number of aryl methyl sites for hydroxylation is 2. The first-order chi connectivity index (χ1) is 12.8. The summed E-state index contributed by atoms with van der Waals surface area (Å²) in [5.74, 6) is 0.523. The zero-order valence-corrected chi connectivity index (χ0v) is 18.3. The lowest BCUT2D eigenvalue weighted by molar-refractivity contribution is -0.154. The summed E-state index contributed by atoms with van der Waals surface area (Å²) in [5.41, 5.74) is 4.30. The highest BCUT2D eigenvalue weighted by Crippen LogP contribution is 2.17. The summed E-state index contributed by atoms with van der Waals surface area (Å²) in [7, 11) is 1.65. The van der Waals surface area contributed by atoms with Crippen molar-refractivity contribution < 1.29 is 17.9 Å². The maximum atomic E-state index is 12.2. The van der Waals surface area contributed by atoms with Crippen LogP contribution in [0, 0.1) is 13.8 Å². The number of alkyl halides is 3. The van der Waals surface area contributed by atoms with Crippen LogP contribution in [0.3, 0.4) is 0 Å². The Balaban J connectivity index is 0.00000392. The first-order valence-electron chi connectivity index (χ1n) is 8.42. The summed E-state index contributed by atoms with van der Waals surface area (Å²) in [6.07, 6.45) is -2.98. The van der Waals surface area contributed by atoms with E-state index in [2.05, 4.69) is 50.5 Å². The van der Waals surface area contributed by atoms with Gasteiger partial charge in [-0.25, -0.2) is 4.98 Å². The van der Waals surface area contributed by atoms with Gasteiger partial charge < -0.3 is 15.4 Å². The van der Waals surface area contributed by atoms with E-state index < -0.39 is 12.8 Å². The van der Waals surface area contributed by atoms with Crippen molar-refractivity contribution in [3.8, 4) is 5.88 Å². The van der Waals surface area contributed by atoms with Gasteiger partial charge in [-0.2, -0.15) is 13.2 Å². The molecule has 0 unspecified atom stereocenters. The third-order valence-electron chi connectivity index (χ3n) is 3.81. The summed E-state index contributed by atoms with van der Waals surface area (Å²) in [6, 6.07) is 9.41. The van der Waals surface area contributed by atoms with E-state index in [0.29, 0.717) is 19.0 Å². The molecule has 0 aliphatic heterocycles. The van der Waals surface area contributed by atoms with Crippen molar-refractivity contribution in [1.82, 2.24) is 15.6 Å². The number of aromatic nitrogens is 1. The molecule has 0 atom stereocenters. The van der Waals surface area contributed by atoms with Gasteiger partial charge in [0.15, 0.2) is 12.6 Å². The topological polar surface area (TPSA) is 58.5 Å². The fourth-order valence-corrected chi connectivity index (χ4v) is 2.42. The van der Waals surface area contributed by atoms with Gasteiger partial charge in [0.1, 0.15) is 0 Å². The smallest absolute Gasteiger partial charge is 0.422 e. The molecule has 0 saturated heterocycles. The molecule has 0 bridgehead atoms. The van der Waals surface area contributed by atoms with E-state index in [1.807, 2.05) is 6.92 Å². The Morgan fingerprint density at radius 3 is 2.46 bits per heavy atom. The molecule has 1 aromatic heterocycles. The first kappa shape index (κ1) is 24.0. The highest BCUT2D eigenvalue weighted by Gasteiger charge is 2.28. The van der Waals surface area contributed by atoms with E-state index in [1.165, 1.54) is 23.4 Å². The molecule has 0 aliphatic rings. The lowest BCUT2D eigenvalue weighted by atomic mass is 10.1. The maximum absolute atomic E-state index is 12.2. The number of rotatable bonds is 6. The van der Waals surface area contributed by atoms with E-state index in [-0.39, 0.29) is 29.9 Å². The lowest BCUT2D eigenvalue weighted by Gasteiger charge is -2.14. The summed E-state index contributed by atoms with van der Waals surface area (Å²) >= 11 is 0. The molecule has 0 aliphatic carbocycles. The Morgan fingerprint density at radius 1 is 1.11 bits per heavy atom. The second-order valence-electron chi connectivity index (χ2n) is 6.12. The number of nitrogens with zero attached hydrogens (tertiary/aromatic N) is 2. The number of nitrogens with one attached hydrogen (secondary N) is 2. The number of benzene rings is 1. The van der Waals surface area contributed by atoms with E-state index >= 15 is 0 Å². The zero-order chi connectivity index (χ0) is 19.9. The van der Waals surface area contributed by atoms with Crippen LogP contribution in [-0.4, -0.2) is 30.8 Å². The second kappa shape index (κ2) is 11.1. The van der Waals surface area contributed by atoms with Crippen molar-refractivity contribution in [3.05, 3.63) is 58.8 Å². The van der Waals surface area contributed by atoms with E-state index in [0.717, 1.165) is 11.1 Å². The van der Waals surface area contributed by atoms with Gasteiger partial charge in [-0.1, -0.05) is 23.8 Å². The second-order valence-corrected chi connectivity index (χ2v) is 6.12. The number of halogens is 4. The van der Waals surface area contributed by atoms with Crippen molar-refractivity contribution in [2.45, 2.75) is 33.1 Å². The van der Waals surface area contributed by atoms with Gasteiger partial charge in [0.05, 0.1) is 0 Å². The normalized spacial score (nSPS) is 11.6. The first-order valence-corrected chi connectivity index (χ1v) is 8.42. The number of hydrogen-bond acceptors (Lipinski definition) is 3. The number of hydrogen-bond donors (Lipinski definition) is 2. The molecule has 9 heteroatoms. The molecule has 0 amide bonds. The molecule has 5 nitrogen and oxygen atoms in total. The Kier molecular flexibility index (Phi) is 9.50. The fraction of sp³-hybridized carbons (Fsp3) is 0.368. The van der Waals surface area contributed by atoms with Crippen LogP contribution in [0.25, 0.3) is 0 Å². The highest BCUT2D eigenvalue weighted by atomic mass is 127. The van der Waals surface area contributed by atoms with E-state index in [9.17, 15) is 13.2 Å². The average molecular weight is 508 g/mol. The van der Waals surface area contributed by atoms with Gasteiger partial charge in [0, 0.05) is 32.4 Å². The van der Waals surface area contributed by atoms with Crippen molar-refractivity contribution in [1.29, 1.82) is 0 Å². The molecule has 2 rings (SSSR count). The van der Waals surface area contributed by atoms with Gasteiger partial charge in [-0.3, -0.25) is 4.99 Å². The Morgan fingerprint density at radius 2 is 1.82 bits per heavy atom. The molecule has 28 heavy (non-hydrogen) atoms. The molecule has 1 aromatic carbocycles. The maximum Gasteiger partial charge on any atom is 0.422 e. The van der Waals surface area contributed by atoms with Gasteiger partial charge >= 0.3 is 6.18 Å². The van der Waals surface area contributed by atoms with Gasteiger partial charge in [0.25, 0.3) is 0 Å². The molecule has 0 radical (unpaired) electrons. The van der Waals surface area contributed by atoms with Crippen LogP contribution < -0.4 is 15.4 Å². The summed E-state index contributed by atoms with van der Waals surface area (Å²) in [6.45, 7) is 3.72. The molecule has 1 heterocycles. The van der Waals surface area contributed by atoms with Crippen molar-refractivity contribution >= 4 is 29.9 Å². The van der Waals surface area contributed by atoms with Gasteiger partial charge in [0.2, 0.25) is 5.88 Å². The zero-order valence-electron chi connectivity index (χ0n) is 15.9. The highest BCUT2D eigenvalue weighted by molar-refractivity contribution is 14.0. The van der Waals surface area contributed by atoms with E-state index in [4.69, 9.17) is 0 Å². The van der Waals surface area contributed by atoms with Crippen LogP contribution in [0.4, 0.5) is 13.2 Å². The van der Waals surface area contributed by atoms with Crippen LogP contribution in [0.1, 0.15) is 22.3 Å². The minimum Gasteiger partial charge on any atom is -0.468 e. The monoisotopic (exact) mass is 508 g/mol. The Hall–Kier alpha value is -2.04. The summed E-state index contributed by atoms with van der Waals surface area (Å²) in [4.78, 5) is 7.94. The Bertz CT molecular complexity index is 797. The minimum atomic E-state index is -4.39. The van der Waals surface area contributed by atoms with Crippen molar-refractivity contribution in [2.75, 3.05) is 13.7 Å². The number of guanidine groups is 1. The number of aliphatic imine (C=N–C) groups is 1.